The highest BCUT2D eigenvalue weighted by Crippen LogP contribution is 2.24. The molecule has 41 heavy (non-hydrogen) atoms. The molecule has 3 N–H and O–H groups in total. The van der Waals surface area contributed by atoms with Crippen LogP contribution in [0.2, 0.25) is 0 Å². The Labute approximate surface area is 248 Å². The number of methoxy groups -OCH3 is 1. The first kappa shape index (κ1) is 34.8. The first-order valence-electron chi connectivity index (χ1n) is 13.9. The first-order chi connectivity index (χ1) is 19.7. The molecule has 0 bridgehead atoms. The van der Waals surface area contributed by atoms with Crippen LogP contribution >= 0.6 is 11.8 Å². The summed E-state index contributed by atoms with van der Waals surface area (Å²) in [6.45, 7) is 15.3. The minimum atomic E-state index is -3.49. The van der Waals surface area contributed by atoms with E-state index in [0.717, 1.165) is 24.3 Å². The van der Waals surface area contributed by atoms with Crippen molar-refractivity contribution < 1.29 is 22.7 Å². The maximum atomic E-state index is 14.4. The number of hydrogen-bond acceptors (Lipinski definition) is 9. The van der Waals surface area contributed by atoms with E-state index in [-0.39, 0.29) is 12.5 Å². The van der Waals surface area contributed by atoms with E-state index >= 15 is 0 Å². The van der Waals surface area contributed by atoms with E-state index in [9.17, 15) is 17.9 Å². The maximum absolute atomic E-state index is 14.4. The van der Waals surface area contributed by atoms with Gasteiger partial charge < -0.3 is 20.1 Å². The lowest BCUT2D eigenvalue weighted by Crippen LogP contribution is -2.33. The summed E-state index contributed by atoms with van der Waals surface area (Å²) in [5.41, 5.74) is 2.84. The fourth-order valence-corrected chi connectivity index (χ4v) is 6.17. The van der Waals surface area contributed by atoms with Crippen molar-refractivity contribution in [3.05, 3.63) is 64.3 Å². The molecule has 228 valence electrons. The summed E-state index contributed by atoms with van der Waals surface area (Å²) < 4.78 is 45.5. The number of pyridine rings is 2. The van der Waals surface area contributed by atoms with E-state index in [1.54, 1.807) is 19.1 Å². The van der Waals surface area contributed by atoms with Crippen LogP contribution in [0.15, 0.2) is 52.9 Å². The predicted molar refractivity (Wildman–Crippen MR) is 167 cm³/mol. The van der Waals surface area contributed by atoms with E-state index in [1.807, 2.05) is 30.5 Å². The number of β-amino-alcohol motifs (C(OH)–C–C–N with tert-alkyl or cyclic N) is 1. The third kappa shape index (κ3) is 10.8. The Morgan fingerprint density at radius 2 is 2.07 bits per heavy atom. The molecule has 4 rings (SSSR count). The number of nitrogens with one attached hydrogen (secondary N) is 2. The third-order valence-electron chi connectivity index (χ3n) is 6.55. The molecular formula is C29H44FN5O4S2. The van der Waals surface area contributed by atoms with Crippen LogP contribution in [0.4, 0.5) is 4.39 Å². The predicted octanol–water partition coefficient (Wildman–Crippen LogP) is 3.87. The normalized spacial score (nSPS) is 20.9. The second-order valence-corrected chi connectivity index (χ2v) is 12.1. The number of aliphatic hydroxyl groups excluding tert-OH is 1. The van der Waals surface area contributed by atoms with Gasteiger partial charge in [0.1, 0.15) is 5.82 Å². The Morgan fingerprint density at radius 3 is 2.76 bits per heavy atom. The van der Waals surface area contributed by atoms with Crippen LogP contribution in [0.25, 0.3) is 11.0 Å². The van der Waals surface area contributed by atoms with Crippen molar-refractivity contribution >= 4 is 32.8 Å². The summed E-state index contributed by atoms with van der Waals surface area (Å²) in [4.78, 5) is 11.6. The highest BCUT2D eigenvalue weighted by atomic mass is 32.2. The minimum absolute atomic E-state index is 0.148. The zero-order chi connectivity index (χ0) is 30.4. The number of aromatic nitrogens is 2. The lowest BCUT2D eigenvalue weighted by molar-refractivity contribution is 0.143. The Kier molecular flexibility index (Phi) is 14.9. The van der Waals surface area contributed by atoms with Crippen molar-refractivity contribution in [3.63, 3.8) is 0 Å². The van der Waals surface area contributed by atoms with Crippen molar-refractivity contribution in [2.75, 3.05) is 52.1 Å². The molecule has 0 radical (unpaired) electrons. The number of sulfonamides is 1. The van der Waals surface area contributed by atoms with E-state index in [4.69, 9.17) is 4.74 Å². The number of hydrogen-bond donors (Lipinski definition) is 3. The van der Waals surface area contributed by atoms with Crippen LogP contribution in [0.5, 0.6) is 5.88 Å². The van der Waals surface area contributed by atoms with Gasteiger partial charge in [-0.25, -0.2) is 22.5 Å². The van der Waals surface area contributed by atoms with Crippen molar-refractivity contribution in [1.29, 1.82) is 0 Å². The summed E-state index contributed by atoms with van der Waals surface area (Å²) in [5, 5.41) is 14.7. The van der Waals surface area contributed by atoms with Gasteiger partial charge in [0.2, 0.25) is 15.9 Å². The van der Waals surface area contributed by atoms with E-state index < -0.39 is 21.9 Å². The van der Waals surface area contributed by atoms with Crippen molar-refractivity contribution in [2.45, 2.75) is 40.2 Å². The van der Waals surface area contributed by atoms with E-state index in [0.29, 0.717) is 48.5 Å². The molecule has 0 amide bonds. The smallest absolute Gasteiger partial charge is 0.233 e. The van der Waals surface area contributed by atoms with Gasteiger partial charge in [-0.3, -0.25) is 4.98 Å². The standard InChI is InChI=1S/C19H25FN4O4S.C8H13NS.C2H6/c1-3-8-29(26,27)22-9-13-11-24(12-17(13)25)7-6-14-15(20)10-21-16-4-5-18(28-2)23-19(14)16;1-3-8-6-9-4-5-10-7(8)2;1-2/h3-5,8,10,13,17,22,25H,6-7,9,11-12H2,1-2H3;3,9H,2,4-6H2,1H3;1-2H3/b8-3+;8-3-;. The molecule has 2 aliphatic heterocycles. The first-order valence-corrected chi connectivity index (χ1v) is 16.4. The molecule has 2 atom stereocenters. The Hall–Kier alpha value is -2.35. The van der Waals surface area contributed by atoms with Crippen LogP contribution in [0.1, 0.15) is 33.3 Å². The largest absolute Gasteiger partial charge is 0.481 e. The second-order valence-electron chi connectivity index (χ2n) is 9.27. The Bertz CT molecular complexity index is 1300. The van der Waals surface area contributed by atoms with Crippen molar-refractivity contribution in [1.82, 2.24) is 24.9 Å². The Morgan fingerprint density at radius 1 is 1.32 bits per heavy atom. The molecule has 2 fully saturated rings. The minimum Gasteiger partial charge on any atom is -0.481 e. The summed E-state index contributed by atoms with van der Waals surface area (Å²) in [6.07, 6.45) is 4.49. The average molecular weight is 610 g/mol. The number of likely N-dealkylation sites (tertiary alicyclic amines) is 1. The van der Waals surface area contributed by atoms with Crippen LogP contribution in [0, 0.1) is 11.7 Å². The van der Waals surface area contributed by atoms with Crippen LogP contribution in [-0.4, -0.2) is 86.6 Å². The summed E-state index contributed by atoms with van der Waals surface area (Å²) in [5.74, 6) is 0.869. The number of allylic oxidation sites excluding steroid dienone is 2. The monoisotopic (exact) mass is 609 g/mol. The fraction of sp³-hybridized carbons (Fsp3) is 0.517. The van der Waals surface area contributed by atoms with Gasteiger partial charge in [0.15, 0.2) is 0 Å². The molecule has 4 heterocycles. The van der Waals surface area contributed by atoms with Gasteiger partial charge in [0.25, 0.3) is 0 Å². The van der Waals surface area contributed by atoms with Crippen LogP contribution < -0.4 is 14.8 Å². The molecule has 0 aromatic carbocycles. The van der Waals surface area contributed by atoms with Gasteiger partial charge in [0, 0.05) is 72.9 Å². The number of thioether (sulfide) groups is 1. The molecule has 0 saturated carbocycles. The van der Waals surface area contributed by atoms with Gasteiger partial charge in [0.05, 0.1) is 30.4 Å². The number of ether oxygens (including phenoxy) is 1. The molecule has 2 aromatic heterocycles. The molecule has 2 unspecified atom stereocenters. The van der Waals surface area contributed by atoms with E-state index in [1.165, 1.54) is 29.9 Å². The van der Waals surface area contributed by atoms with E-state index in [2.05, 4.69) is 39.6 Å². The number of nitrogens with zero attached hydrogens (tertiary/aromatic N) is 3. The maximum Gasteiger partial charge on any atom is 0.233 e. The number of aliphatic hydroxyl groups is 1. The molecule has 2 aliphatic rings. The van der Waals surface area contributed by atoms with Gasteiger partial charge in [-0.1, -0.05) is 32.6 Å². The highest BCUT2D eigenvalue weighted by Gasteiger charge is 2.31. The lowest BCUT2D eigenvalue weighted by atomic mass is 10.1. The average Bonchev–Trinajstić information content (AvgIpc) is 3.19. The highest BCUT2D eigenvalue weighted by molar-refractivity contribution is 8.03. The molecule has 12 heteroatoms. The topological polar surface area (TPSA) is 117 Å². The number of rotatable bonds is 8. The number of fused-ring (bicyclic) bond motifs is 1. The van der Waals surface area contributed by atoms with Crippen molar-refractivity contribution in [2.24, 2.45) is 5.92 Å². The fourth-order valence-electron chi connectivity index (χ4n) is 4.40. The number of halogens is 1. The van der Waals surface area contributed by atoms with Gasteiger partial charge in [-0.05, 0) is 31.9 Å². The summed E-state index contributed by atoms with van der Waals surface area (Å²) >= 11 is 1.85. The zero-order valence-corrected chi connectivity index (χ0v) is 26.3. The third-order valence-corrected chi connectivity index (χ3v) is 8.77. The molecule has 9 nitrogen and oxygen atoms in total. The van der Waals surface area contributed by atoms with Crippen LogP contribution in [0.3, 0.4) is 0 Å². The summed E-state index contributed by atoms with van der Waals surface area (Å²) in [7, 11) is -1.99. The molecule has 0 aliphatic carbocycles. The molecule has 0 spiro atoms. The van der Waals surface area contributed by atoms with Gasteiger partial charge in [-0.2, -0.15) is 0 Å². The quantitative estimate of drug-likeness (QED) is 0.410. The molecule has 2 aromatic rings. The van der Waals surface area contributed by atoms with Crippen molar-refractivity contribution in [3.8, 4) is 5.88 Å². The molecular weight excluding hydrogens is 565 g/mol. The summed E-state index contributed by atoms with van der Waals surface area (Å²) in [6, 6.07) is 3.41. The second kappa shape index (κ2) is 17.6. The zero-order valence-electron chi connectivity index (χ0n) is 24.7. The SMILES string of the molecule is C/C=C/S(=O)(=O)NCC1CN(CCc2c(F)cnc3ccc(OC)nc23)CC1O.C=C1SCCNC/C1=C/C.CC. The van der Waals surface area contributed by atoms with Crippen LogP contribution in [-0.2, 0) is 16.4 Å². The van der Waals surface area contributed by atoms with Gasteiger partial charge >= 0.3 is 0 Å². The van der Waals surface area contributed by atoms with Gasteiger partial charge in [-0.15, -0.1) is 11.8 Å². The molecule has 2 saturated heterocycles. The lowest BCUT2D eigenvalue weighted by Gasteiger charge is -2.16. The Balaban J connectivity index is 0.000000410.